The van der Waals surface area contributed by atoms with E-state index in [1.807, 2.05) is 0 Å². The molecule has 0 bridgehead atoms. The Kier molecular flexibility index (Phi) is 2.67. The van der Waals surface area contributed by atoms with Gasteiger partial charge in [0.25, 0.3) is 5.56 Å². The van der Waals surface area contributed by atoms with E-state index in [1.54, 1.807) is 13.8 Å². The molecule has 0 amide bonds. The molecule has 5 heteroatoms. The average molecular weight is 234 g/mol. The fourth-order valence-electron chi connectivity index (χ4n) is 1.44. The van der Waals surface area contributed by atoms with Gasteiger partial charge in [0.1, 0.15) is 5.82 Å². The van der Waals surface area contributed by atoms with Crippen LogP contribution in [0.3, 0.4) is 0 Å². The van der Waals surface area contributed by atoms with E-state index in [0.29, 0.717) is 16.8 Å². The van der Waals surface area contributed by atoms with E-state index in [2.05, 4.69) is 9.97 Å². The summed E-state index contributed by atoms with van der Waals surface area (Å²) in [6.45, 7) is 3.38. The van der Waals surface area contributed by atoms with E-state index in [4.69, 9.17) is 5.11 Å². The second kappa shape index (κ2) is 4.01. The zero-order valence-corrected chi connectivity index (χ0v) is 9.41. The average Bonchev–Trinajstić information content (AvgIpc) is 2.29. The Morgan fingerprint density at radius 2 is 2.06 bits per heavy atom. The molecule has 4 nitrogen and oxygen atoms in total. The highest BCUT2D eigenvalue weighted by Gasteiger charge is 2.08. The van der Waals surface area contributed by atoms with E-state index in [-0.39, 0.29) is 11.4 Å². The molecule has 2 rings (SSSR count). The lowest BCUT2D eigenvalue weighted by Gasteiger charge is -2.05. The molecule has 88 valence electrons. The third-order valence-corrected chi connectivity index (χ3v) is 2.62. The van der Waals surface area contributed by atoms with Crippen LogP contribution in [0.1, 0.15) is 11.3 Å². The predicted molar refractivity (Wildman–Crippen MR) is 61.4 cm³/mol. The lowest BCUT2D eigenvalue weighted by atomic mass is 10.2. The summed E-state index contributed by atoms with van der Waals surface area (Å²) in [4.78, 5) is 18.3. The van der Waals surface area contributed by atoms with E-state index in [0.717, 1.165) is 6.07 Å². The molecular weight excluding hydrogens is 223 g/mol. The van der Waals surface area contributed by atoms with Gasteiger partial charge in [0, 0.05) is 16.8 Å². The second-order valence-corrected chi connectivity index (χ2v) is 3.79. The molecular formula is C12H11FN2O2. The van der Waals surface area contributed by atoms with Crippen LogP contribution in [0.25, 0.3) is 11.4 Å². The van der Waals surface area contributed by atoms with Gasteiger partial charge in [0.2, 0.25) is 0 Å². The molecule has 1 aromatic carbocycles. The lowest BCUT2D eigenvalue weighted by molar-refractivity contribution is 0.432. The molecule has 2 N–H and O–H groups in total. The van der Waals surface area contributed by atoms with Crippen molar-refractivity contribution in [1.82, 2.24) is 9.97 Å². The number of halogens is 1. The zero-order chi connectivity index (χ0) is 12.6. The molecule has 17 heavy (non-hydrogen) atoms. The molecule has 2 aromatic rings. The van der Waals surface area contributed by atoms with Crippen LogP contribution in [0.2, 0.25) is 0 Å². The third-order valence-electron chi connectivity index (χ3n) is 2.62. The summed E-state index contributed by atoms with van der Waals surface area (Å²) >= 11 is 0. The van der Waals surface area contributed by atoms with Crippen LogP contribution in [0.4, 0.5) is 4.39 Å². The second-order valence-electron chi connectivity index (χ2n) is 3.79. The number of phenols is 1. The van der Waals surface area contributed by atoms with Gasteiger partial charge in [-0.1, -0.05) is 0 Å². The Labute approximate surface area is 96.8 Å². The van der Waals surface area contributed by atoms with E-state index in [1.165, 1.54) is 12.1 Å². The normalized spacial score (nSPS) is 10.5. The number of nitrogens with one attached hydrogen (secondary N) is 1. The molecule has 0 radical (unpaired) electrons. The van der Waals surface area contributed by atoms with Crippen molar-refractivity contribution < 1.29 is 9.50 Å². The number of benzene rings is 1. The van der Waals surface area contributed by atoms with Gasteiger partial charge in [-0.3, -0.25) is 4.79 Å². The van der Waals surface area contributed by atoms with Crippen LogP contribution in [0, 0.1) is 19.7 Å². The monoisotopic (exact) mass is 234 g/mol. The standard InChI is InChI=1S/C12H11FN2O2/c1-6-7(2)14-11(15-12(6)17)8-3-4-10(16)9(13)5-8/h3-5,16H,1-2H3,(H,14,15,17). The van der Waals surface area contributed by atoms with Crippen molar-refractivity contribution in [1.29, 1.82) is 0 Å². The Morgan fingerprint density at radius 3 is 2.65 bits per heavy atom. The third kappa shape index (κ3) is 2.04. The molecule has 1 aromatic heterocycles. The van der Waals surface area contributed by atoms with Crippen molar-refractivity contribution >= 4 is 0 Å². The number of aromatic nitrogens is 2. The van der Waals surface area contributed by atoms with Gasteiger partial charge in [-0.15, -0.1) is 0 Å². The van der Waals surface area contributed by atoms with Crippen molar-refractivity contribution in [3.05, 3.63) is 45.6 Å². The quantitative estimate of drug-likeness (QED) is 0.792. The summed E-state index contributed by atoms with van der Waals surface area (Å²) in [6.07, 6.45) is 0. The highest BCUT2D eigenvalue weighted by atomic mass is 19.1. The van der Waals surface area contributed by atoms with Crippen LogP contribution < -0.4 is 5.56 Å². The molecule has 0 aliphatic rings. The maximum atomic E-state index is 13.2. The maximum absolute atomic E-state index is 13.2. The van der Waals surface area contributed by atoms with Crippen molar-refractivity contribution in [3.8, 4) is 17.1 Å². The molecule has 0 atom stereocenters. The smallest absolute Gasteiger partial charge is 0.254 e. The van der Waals surface area contributed by atoms with Crippen molar-refractivity contribution in [2.45, 2.75) is 13.8 Å². The minimum absolute atomic E-state index is 0.249. The molecule has 0 unspecified atom stereocenters. The summed E-state index contributed by atoms with van der Waals surface area (Å²) in [6, 6.07) is 3.84. The summed E-state index contributed by atoms with van der Waals surface area (Å²) in [7, 11) is 0. The number of hydrogen-bond donors (Lipinski definition) is 2. The highest BCUT2D eigenvalue weighted by Crippen LogP contribution is 2.21. The Morgan fingerprint density at radius 1 is 1.35 bits per heavy atom. The minimum Gasteiger partial charge on any atom is -0.505 e. The van der Waals surface area contributed by atoms with Crippen LogP contribution in [-0.2, 0) is 0 Å². The first-order valence-electron chi connectivity index (χ1n) is 5.05. The number of aromatic amines is 1. The van der Waals surface area contributed by atoms with Crippen molar-refractivity contribution in [2.24, 2.45) is 0 Å². The molecule has 0 fully saturated rings. The summed E-state index contributed by atoms with van der Waals surface area (Å²) < 4.78 is 13.2. The topological polar surface area (TPSA) is 66.0 Å². The number of H-pyrrole nitrogens is 1. The van der Waals surface area contributed by atoms with E-state index in [9.17, 15) is 9.18 Å². The first kappa shape index (κ1) is 11.3. The molecule has 1 heterocycles. The number of phenolic OH excluding ortho intramolecular Hbond substituents is 1. The number of aryl methyl sites for hydroxylation is 1. The first-order chi connectivity index (χ1) is 7.99. The van der Waals surface area contributed by atoms with Gasteiger partial charge < -0.3 is 10.1 Å². The van der Waals surface area contributed by atoms with Gasteiger partial charge in [-0.05, 0) is 32.0 Å². The summed E-state index contributed by atoms with van der Waals surface area (Å²) in [5.74, 6) is -0.889. The van der Waals surface area contributed by atoms with Crippen LogP contribution >= 0.6 is 0 Å². The largest absolute Gasteiger partial charge is 0.505 e. The van der Waals surface area contributed by atoms with Gasteiger partial charge in [0.15, 0.2) is 11.6 Å². The van der Waals surface area contributed by atoms with Gasteiger partial charge in [-0.25, -0.2) is 9.37 Å². The van der Waals surface area contributed by atoms with Crippen LogP contribution in [-0.4, -0.2) is 15.1 Å². The predicted octanol–water partition coefficient (Wildman–Crippen LogP) is 1.90. The zero-order valence-electron chi connectivity index (χ0n) is 9.41. The van der Waals surface area contributed by atoms with Crippen molar-refractivity contribution in [3.63, 3.8) is 0 Å². The first-order valence-corrected chi connectivity index (χ1v) is 5.05. The van der Waals surface area contributed by atoms with Gasteiger partial charge in [0.05, 0.1) is 0 Å². The number of aromatic hydroxyl groups is 1. The van der Waals surface area contributed by atoms with Crippen LogP contribution in [0.5, 0.6) is 5.75 Å². The fraction of sp³-hybridized carbons (Fsp3) is 0.167. The minimum atomic E-state index is -0.747. The van der Waals surface area contributed by atoms with Gasteiger partial charge >= 0.3 is 0 Å². The Hall–Kier alpha value is -2.17. The molecule has 0 aliphatic heterocycles. The molecule has 0 saturated heterocycles. The highest BCUT2D eigenvalue weighted by molar-refractivity contribution is 5.56. The fourth-order valence-corrected chi connectivity index (χ4v) is 1.44. The lowest BCUT2D eigenvalue weighted by Crippen LogP contribution is -2.14. The van der Waals surface area contributed by atoms with E-state index >= 15 is 0 Å². The molecule has 0 saturated carbocycles. The number of hydrogen-bond acceptors (Lipinski definition) is 3. The molecule has 0 spiro atoms. The maximum Gasteiger partial charge on any atom is 0.254 e. The van der Waals surface area contributed by atoms with Crippen molar-refractivity contribution in [2.75, 3.05) is 0 Å². The number of nitrogens with zero attached hydrogens (tertiary/aromatic N) is 1. The van der Waals surface area contributed by atoms with E-state index < -0.39 is 11.6 Å². The summed E-state index contributed by atoms with van der Waals surface area (Å²) in [5.41, 5.74) is 1.30. The Bertz CT molecular complexity index is 635. The summed E-state index contributed by atoms with van der Waals surface area (Å²) in [5, 5.41) is 9.08. The van der Waals surface area contributed by atoms with Gasteiger partial charge in [-0.2, -0.15) is 0 Å². The number of rotatable bonds is 1. The van der Waals surface area contributed by atoms with Crippen LogP contribution in [0.15, 0.2) is 23.0 Å². The molecule has 0 aliphatic carbocycles. The Balaban J connectivity index is 2.61. The SMILES string of the molecule is Cc1nc(-c2ccc(O)c(F)c2)[nH]c(=O)c1C.